The van der Waals surface area contributed by atoms with Gasteiger partial charge in [0.2, 0.25) is 4.96 Å². The van der Waals surface area contributed by atoms with E-state index in [4.69, 9.17) is 10.2 Å². The van der Waals surface area contributed by atoms with Gasteiger partial charge in [0, 0.05) is 0 Å². The summed E-state index contributed by atoms with van der Waals surface area (Å²) in [5.41, 5.74) is 5.39. The standard InChI is InChI=1S/C9H6F3N5OS/c10-9(11,12)7-14-15-8-17(7)16-6(19-8)5-2-1-4(3-13)18-5/h1-2H,3,13H2. The predicted octanol–water partition coefficient (Wildman–Crippen LogP) is 1.92. The van der Waals surface area contributed by atoms with Gasteiger partial charge in [0.15, 0.2) is 10.8 Å². The Bertz CT molecular complexity index is 728. The maximum atomic E-state index is 12.6. The van der Waals surface area contributed by atoms with E-state index in [1.807, 2.05) is 0 Å². The summed E-state index contributed by atoms with van der Waals surface area (Å²) in [4.78, 5) is 0.0491. The first-order chi connectivity index (χ1) is 8.99. The van der Waals surface area contributed by atoms with Gasteiger partial charge in [-0.25, -0.2) is 0 Å². The molecule has 0 bridgehead atoms. The van der Waals surface area contributed by atoms with Gasteiger partial charge in [-0.3, -0.25) is 0 Å². The Morgan fingerprint density at radius 1 is 1.32 bits per heavy atom. The van der Waals surface area contributed by atoms with Crippen molar-refractivity contribution in [3.05, 3.63) is 23.7 Å². The van der Waals surface area contributed by atoms with Crippen molar-refractivity contribution in [3.8, 4) is 10.8 Å². The largest absolute Gasteiger partial charge is 0.457 e. The molecule has 19 heavy (non-hydrogen) atoms. The lowest BCUT2D eigenvalue weighted by Crippen LogP contribution is -2.11. The molecule has 3 rings (SSSR count). The Hall–Kier alpha value is -1.94. The van der Waals surface area contributed by atoms with Gasteiger partial charge in [0.1, 0.15) is 5.76 Å². The van der Waals surface area contributed by atoms with Gasteiger partial charge in [-0.05, 0) is 12.1 Å². The highest BCUT2D eigenvalue weighted by atomic mass is 32.1. The van der Waals surface area contributed by atoms with Crippen LogP contribution in [0.5, 0.6) is 0 Å². The number of rotatable bonds is 2. The molecule has 0 aliphatic carbocycles. The van der Waals surface area contributed by atoms with Crippen LogP contribution in [0.4, 0.5) is 13.2 Å². The fraction of sp³-hybridized carbons (Fsp3) is 0.222. The van der Waals surface area contributed by atoms with Crippen LogP contribution in [-0.2, 0) is 12.7 Å². The fourth-order valence-electron chi connectivity index (χ4n) is 1.50. The number of halogens is 3. The molecule has 0 aliphatic rings. The number of alkyl halides is 3. The molecule has 0 saturated heterocycles. The first-order valence-corrected chi connectivity index (χ1v) is 5.89. The molecular weight excluding hydrogens is 283 g/mol. The third-order valence-electron chi connectivity index (χ3n) is 2.32. The molecular formula is C9H6F3N5OS. The Morgan fingerprint density at radius 3 is 2.74 bits per heavy atom. The number of hydrogen-bond acceptors (Lipinski definition) is 6. The van der Waals surface area contributed by atoms with Crippen molar-refractivity contribution in [1.29, 1.82) is 0 Å². The Balaban J connectivity index is 2.09. The van der Waals surface area contributed by atoms with E-state index in [0.717, 1.165) is 11.3 Å². The third kappa shape index (κ3) is 1.98. The van der Waals surface area contributed by atoms with Crippen molar-refractivity contribution < 1.29 is 17.6 Å². The molecule has 0 saturated carbocycles. The number of fused-ring (bicyclic) bond motifs is 1. The van der Waals surface area contributed by atoms with E-state index < -0.39 is 12.0 Å². The van der Waals surface area contributed by atoms with Crippen LogP contribution in [0.15, 0.2) is 16.5 Å². The summed E-state index contributed by atoms with van der Waals surface area (Å²) >= 11 is 0.955. The molecule has 0 unspecified atom stereocenters. The minimum atomic E-state index is -4.60. The van der Waals surface area contributed by atoms with Gasteiger partial charge in [-0.2, -0.15) is 17.7 Å². The predicted molar refractivity (Wildman–Crippen MR) is 59.3 cm³/mol. The van der Waals surface area contributed by atoms with Crippen LogP contribution >= 0.6 is 11.3 Å². The maximum absolute atomic E-state index is 12.6. The summed E-state index contributed by atoms with van der Waals surface area (Å²) in [5.74, 6) is -0.281. The van der Waals surface area contributed by atoms with Gasteiger partial charge < -0.3 is 10.2 Å². The Kier molecular flexibility index (Phi) is 2.57. The molecule has 0 aromatic carbocycles. The minimum Gasteiger partial charge on any atom is -0.457 e. The summed E-state index contributed by atoms with van der Waals surface area (Å²) in [5, 5.41) is 10.6. The van der Waals surface area contributed by atoms with Gasteiger partial charge in [0.05, 0.1) is 6.54 Å². The molecule has 3 aromatic rings. The van der Waals surface area contributed by atoms with E-state index in [0.29, 0.717) is 16.0 Å². The van der Waals surface area contributed by atoms with E-state index in [-0.39, 0.29) is 16.5 Å². The molecule has 0 amide bonds. The molecule has 100 valence electrons. The van der Waals surface area contributed by atoms with Crippen molar-refractivity contribution in [2.24, 2.45) is 5.73 Å². The number of nitrogens with two attached hydrogens (primary N) is 1. The van der Waals surface area contributed by atoms with Crippen LogP contribution in [0.3, 0.4) is 0 Å². The SMILES string of the molecule is NCc1ccc(-c2nn3c(C(F)(F)F)nnc3s2)o1. The maximum Gasteiger partial charge on any atom is 0.453 e. The lowest BCUT2D eigenvalue weighted by molar-refractivity contribution is -0.146. The average Bonchev–Trinajstić information content (AvgIpc) is 3.00. The van der Waals surface area contributed by atoms with Crippen LogP contribution in [0.25, 0.3) is 15.7 Å². The van der Waals surface area contributed by atoms with Crippen LogP contribution < -0.4 is 5.73 Å². The molecule has 3 heterocycles. The lowest BCUT2D eigenvalue weighted by Gasteiger charge is -1.99. The monoisotopic (exact) mass is 289 g/mol. The molecule has 0 fully saturated rings. The van der Waals surface area contributed by atoms with E-state index in [9.17, 15) is 13.2 Å². The summed E-state index contributed by atoms with van der Waals surface area (Å²) in [7, 11) is 0. The molecule has 6 nitrogen and oxygen atoms in total. The summed E-state index contributed by atoms with van der Waals surface area (Å²) in [6.07, 6.45) is -4.60. The zero-order valence-electron chi connectivity index (χ0n) is 9.18. The molecule has 3 aromatic heterocycles. The number of furan rings is 1. The van der Waals surface area contributed by atoms with E-state index >= 15 is 0 Å². The zero-order valence-corrected chi connectivity index (χ0v) is 9.99. The Labute approximate surface area is 107 Å². The normalized spacial score (nSPS) is 12.4. The molecule has 0 spiro atoms. The second kappa shape index (κ2) is 4.03. The van der Waals surface area contributed by atoms with Crippen molar-refractivity contribution >= 4 is 16.3 Å². The molecule has 0 atom stereocenters. The van der Waals surface area contributed by atoms with Crippen LogP contribution in [0, 0.1) is 0 Å². The quantitative estimate of drug-likeness (QED) is 0.779. The highest BCUT2D eigenvalue weighted by Crippen LogP contribution is 2.32. The van der Waals surface area contributed by atoms with Crippen molar-refractivity contribution in [2.75, 3.05) is 0 Å². The van der Waals surface area contributed by atoms with Gasteiger partial charge in [-0.1, -0.05) is 11.3 Å². The third-order valence-corrected chi connectivity index (χ3v) is 3.23. The van der Waals surface area contributed by atoms with Gasteiger partial charge in [-0.15, -0.1) is 15.3 Å². The summed E-state index contributed by atoms with van der Waals surface area (Å²) in [6.45, 7) is 0.206. The lowest BCUT2D eigenvalue weighted by atomic mass is 10.4. The second-order valence-electron chi connectivity index (χ2n) is 3.59. The van der Waals surface area contributed by atoms with Crippen LogP contribution in [0.1, 0.15) is 11.6 Å². The zero-order chi connectivity index (χ0) is 13.6. The minimum absolute atomic E-state index is 0.0491. The van der Waals surface area contributed by atoms with Crippen molar-refractivity contribution in [3.63, 3.8) is 0 Å². The van der Waals surface area contributed by atoms with E-state index in [1.54, 1.807) is 12.1 Å². The van der Waals surface area contributed by atoms with Crippen LogP contribution in [0.2, 0.25) is 0 Å². The van der Waals surface area contributed by atoms with Crippen molar-refractivity contribution in [1.82, 2.24) is 19.8 Å². The molecule has 0 aliphatic heterocycles. The van der Waals surface area contributed by atoms with E-state index in [1.165, 1.54) is 0 Å². The van der Waals surface area contributed by atoms with Gasteiger partial charge >= 0.3 is 6.18 Å². The number of nitrogens with zero attached hydrogens (tertiary/aromatic N) is 4. The number of hydrogen-bond donors (Lipinski definition) is 1. The average molecular weight is 289 g/mol. The fourth-order valence-corrected chi connectivity index (χ4v) is 2.30. The summed E-state index contributed by atoms with van der Waals surface area (Å²) in [6, 6.07) is 3.24. The van der Waals surface area contributed by atoms with Crippen LogP contribution in [-0.4, -0.2) is 19.8 Å². The highest BCUT2D eigenvalue weighted by Gasteiger charge is 2.38. The first kappa shape index (κ1) is 12.1. The Morgan fingerprint density at radius 2 is 2.11 bits per heavy atom. The smallest absolute Gasteiger partial charge is 0.453 e. The molecule has 0 radical (unpaired) electrons. The van der Waals surface area contributed by atoms with E-state index in [2.05, 4.69) is 15.3 Å². The van der Waals surface area contributed by atoms with Crippen molar-refractivity contribution in [2.45, 2.75) is 12.7 Å². The number of aromatic nitrogens is 4. The first-order valence-electron chi connectivity index (χ1n) is 5.07. The van der Waals surface area contributed by atoms with Gasteiger partial charge in [0.25, 0.3) is 5.82 Å². The molecule has 2 N–H and O–H groups in total. The highest BCUT2D eigenvalue weighted by molar-refractivity contribution is 7.19. The summed E-state index contributed by atoms with van der Waals surface area (Å²) < 4.78 is 43.8. The second-order valence-corrected chi connectivity index (χ2v) is 4.55. The molecule has 10 heteroatoms. The topological polar surface area (TPSA) is 82.2 Å².